The first-order chi connectivity index (χ1) is 7.72. The smallest absolute Gasteiger partial charge is 0.147 e. The van der Waals surface area contributed by atoms with Gasteiger partial charge < -0.3 is 5.43 Å². The van der Waals surface area contributed by atoms with E-state index >= 15 is 0 Å². The summed E-state index contributed by atoms with van der Waals surface area (Å²) in [5.74, 6) is 9.10. The number of nitrogens with zero attached hydrogens (tertiary/aromatic N) is 2. The summed E-state index contributed by atoms with van der Waals surface area (Å²) in [6.45, 7) is 6.26. The van der Waals surface area contributed by atoms with Crippen LogP contribution < -0.4 is 11.3 Å². The van der Waals surface area contributed by atoms with E-state index in [0.717, 1.165) is 40.8 Å². The number of hydrogen-bond acceptors (Lipinski definition) is 5. The van der Waals surface area contributed by atoms with Crippen molar-refractivity contribution in [3.63, 3.8) is 0 Å². The van der Waals surface area contributed by atoms with Crippen LogP contribution in [0.4, 0.5) is 5.82 Å². The summed E-state index contributed by atoms with van der Waals surface area (Å²) in [6.07, 6.45) is 2.08. The Labute approximate surface area is 101 Å². The standard InChI is InChI=1S/C11H20N4S/c1-4-6-16-7-10-13-8(3)9(5-2)11(14-10)15-12/h4-7,12H2,1-3H3,(H,13,14,15). The third-order valence-corrected chi connectivity index (χ3v) is 3.49. The van der Waals surface area contributed by atoms with Crippen LogP contribution >= 0.6 is 11.8 Å². The fourth-order valence-corrected chi connectivity index (χ4v) is 2.31. The fraction of sp³-hybridized carbons (Fsp3) is 0.636. The van der Waals surface area contributed by atoms with Crippen LogP contribution in [0.15, 0.2) is 0 Å². The number of hydrogen-bond donors (Lipinski definition) is 2. The molecule has 1 heterocycles. The van der Waals surface area contributed by atoms with E-state index in [2.05, 4.69) is 29.2 Å². The first-order valence-corrected chi connectivity index (χ1v) is 6.79. The highest BCUT2D eigenvalue weighted by atomic mass is 32.2. The first kappa shape index (κ1) is 13.3. The minimum absolute atomic E-state index is 0.766. The molecule has 0 fully saturated rings. The molecule has 0 aliphatic carbocycles. The monoisotopic (exact) mass is 240 g/mol. The SMILES string of the molecule is CCCSCc1nc(C)c(CC)c(NN)n1. The Hall–Kier alpha value is -0.810. The molecule has 0 spiro atoms. The number of nitrogen functional groups attached to an aromatic ring is 1. The van der Waals surface area contributed by atoms with Gasteiger partial charge in [-0.05, 0) is 25.5 Å². The average molecular weight is 240 g/mol. The van der Waals surface area contributed by atoms with Gasteiger partial charge in [-0.25, -0.2) is 15.8 Å². The van der Waals surface area contributed by atoms with Gasteiger partial charge in [-0.1, -0.05) is 13.8 Å². The van der Waals surface area contributed by atoms with Gasteiger partial charge in [0, 0.05) is 11.3 Å². The van der Waals surface area contributed by atoms with Crippen LogP contribution in [0.5, 0.6) is 0 Å². The van der Waals surface area contributed by atoms with Gasteiger partial charge in [-0.15, -0.1) is 0 Å². The molecule has 0 atom stereocenters. The molecule has 90 valence electrons. The predicted octanol–water partition coefficient (Wildman–Crippen LogP) is 2.28. The van der Waals surface area contributed by atoms with E-state index < -0.39 is 0 Å². The van der Waals surface area contributed by atoms with E-state index in [4.69, 9.17) is 5.84 Å². The van der Waals surface area contributed by atoms with Gasteiger partial charge in [0.15, 0.2) is 0 Å². The van der Waals surface area contributed by atoms with E-state index in [1.165, 1.54) is 6.42 Å². The molecular weight excluding hydrogens is 220 g/mol. The number of nitrogens with two attached hydrogens (primary N) is 1. The van der Waals surface area contributed by atoms with Crippen LogP contribution in [0.2, 0.25) is 0 Å². The lowest BCUT2D eigenvalue weighted by atomic mass is 10.2. The molecule has 0 saturated carbocycles. The molecule has 0 radical (unpaired) electrons. The molecule has 4 nitrogen and oxygen atoms in total. The molecular formula is C11H20N4S. The lowest BCUT2D eigenvalue weighted by Gasteiger charge is -2.10. The van der Waals surface area contributed by atoms with E-state index in [1.807, 2.05) is 18.7 Å². The molecule has 0 aromatic carbocycles. The number of nitrogens with one attached hydrogen (secondary N) is 1. The summed E-state index contributed by atoms with van der Waals surface area (Å²) in [5, 5.41) is 0. The molecule has 0 aliphatic rings. The Morgan fingerprint density at radius 1 is 1.31 bits per heavy atom. The van der Waals surface area contributed by atoms with Crippen molar-refractivity contribution >= 4 is 17.6 Å². The lowest BCUT2D eigenvalue weighted by molar-refractivity contribution is 0.934. The second-order valence-electron chi connectivity index (χ2n) is 3.60. The van der Waals surface area contributed by atoms with Crippen LogP contribution in [0.25, 0.3) is 0 Å². The third kappa shape index (κ3) is 3.35. The third-order valence-electron chi connectivity index (χ3n) is 2.33. The zero-order valence-electron chi connectivity index (χ0n) is 10.2. The molecule has 0 aliphatic heterocycles. The van der Waals surface area contributed by atoms with Gasteiger partial charge >= 0.3 is 0 Å². The Bertz CT molecular complexity index is 341. The highest BCUT2D eigenvalue weighted by Crippen LogP contribution is 2.18. The van der Waals surface area contributed by atoms with Gasteiger partial charge in [0.1, 0.15) is 11.6 Å². The minimum Gasteiger partial charge on any atom is -0.308 e. The van der Waals surface area contributed by atoms with Crippen LogP contribution in [0.1, 0.15) is 37.4 Å². The van der Waals surface area contributed by atoms with Gasteiger partial charge in [-0.2, -0.15) is 11.8 Å². The van der Waals surface area contributed by atoms with Crippen LogP contribution in [0.3, 0.4) is 0 Å². The van der Waals surface area contributed by atoms with Crippen molar-refractivity contribution in [2.75, 3.05) is 11.2 Å². The number of rotatable bonds is 6. The molecule has 1 aromatic heterocycles. The van der Waals surface area contributed by atoms with Crippen molar-refractivity contribution in [2.24, 2.45) is 5.84 Å². The molecule has 1 aromatic rings. The van der Waals surface area contributed by atoms with E-state index in [-0.39, 0.29) is 0 Å². The second-order valence-corrected chi connectivity index (χ2v) is 4.71. The maximum absolute atomic E-state index is 5.47. The van der Waals surface area contributed by atoms with Gasteiger partial charge in [-0.3, -0.25) is 0 Å². The van der Waals surface area contributed by atoms with Crippen LogP contribution in [0, 0.1) is 6.92 Å². The summed E-state index contributed by atoms with van der Waals surface area (Å²) < 4.78 is 0. The van der Waals surface area contributed by atoms with E-state index in [1.54, 1.807) is 0 Å². The Morgan fingerprint density at radius 2 is 2.06 bits per heavy atom. The molecule has 0 amide bonds. The number of aryl methyl sites for hydroxylation is 1. The molecule has 0 unspecified atom stereocenters. The van der Waals surface area contributed by atoms with Gasteiger partial charge in [0.25, 0.3) is 0 Å². The second kappa shape index (κ2) is 6.70. The largest absolute Gasteiger partial charge is 0.308 e. The number of hydrazine groups is 1. The van der Waals surface area contributed by atoms with Crippen molar-refractivity contribution in [1.29, 1.82) is 0 Å². The van der Waals surface area contributed by atoms with E-state index in [0.29, 0.717) is 0 Å². The molecule has 0 saturated heterocycles. The van der Waals surface area contributed by atoms with E-state index in [9.17, 15) is 0 Å². The highest BCUT2D eigenvalue weighted by Gasteiger charge is 2.08. The normalized spacial score (nSPS) is 10.5. The summed E-state index contributed by atoms with van der Waals surface area (Å²) in [6, 6.07) is 0. The maximum Gasteiger partial charge on any atom is 0.147 e. The molecule has 16 heavy (non-hydrogen) atoms. The molecule has 1 rings (SSSR count). The van der Waals surface area contributed by atoms with Crippen LogP contribution in [-0.2, 0) is 12.2 Å². The zero-order valence-corrected chi connectivity index (χ0v) is 11.0. The molecule has 0 bridgehead atoms. The van der Waals surface area contributed by atoms with Gasteiger partial charge in [0.05, 0.1) is 5.75 Å². The van der Waals surface area contributed by atoms with Crippen molar-refractivity contribution in [3.8, 4) is 0 Å². The Kier molecular flexibility index (Phi) is 5.55. The Morgan fingerprint density at radius 3 is 2.62 bits per heavy atom. The Balaban J connectivity index is 2.83. The van der Waals surface area contributed by atoms with Crippen LogP contribution in [-0.4, -0.2) is 15.7 Å². The zero-order chi connectivity index (χ0) is 12.0. The fourth-order valence-electron chi connectivity index (χ4n) is 1.57. The molecule has 5 heteroatoms. The first-order valence-electron chi connectivity index (χ1n) is 5.63. The van der Waals surface area contributed by atoms with Crippen molar-refractivity contribution in [2.45, 2.75) is 39.4 Å². The summed E-state index contributed by atoms with van der Waals surface area (Å²) >= 11 is 1.85. The van der Waals surface area contributed by atoms with Crippen molar-refractivity contribution < 1.29 is 0 Å². The van der Waals surface area contributed by atoms with Crippen molar-refractivity contribution in [3.05, 3.63) is 17.1 Å². The molecule has 3 N–H and O–H groups in total. The number of anilines is 1. The highest BCUT2D eigenvalue weighted by molar-refractivity contribution is 7.98. The average Bonchev–Trinajstić information content (AvgIpc) is 2.28. The lowest BCUT2D eigenvalue weighted by Crippen LogP contribution is -2.14. The number of thioether (sulfide) groups is 1. The summed E-state index contributed by atoms with van der Waals surface area (Å²) in [5.41, 5.74) is 4.79. The van der Waals surface area contributed by atoms with Crippen molar-refractivity contribution in [1.82, 2.24) is 9.97 Å². The number of aromatic nitrogens is 2. The predicted molar refractivity (Wildman–Crippen MR) is 70.4 cm³/mol. The maximum atomic E-state index is 5.47. The summed E-state index contributed by atoms with van der Waals surface area (Å²) in [7, 11) is 0. The summed E-state index contributed by atoms with van der Waals surface area (Å²) in [4.78, 5) is 8.92. The topological polar surface area (TPSA) is 63.8 Å². The quantitative estimate of drug-likeness (QED) is 0.454. The minimum atomic E-state index is 0.766. The van der Waals surface area contributed by atoms with Gasteiger partial charge in [0.2, 0.25) is 0 Å².